The van der Waals surface area contributed by atoms with Crippen molar-refractivity contribution in [3.8, 4) is 10.4 Å². The van der Waals surface area contributed by atoms with Crippen LogP contribution in [0.4, 0.5) is 10.6 Å². The maximum atomic E-state index is 12.5. The van der Waals surface area contributed by atoms with Crippen molar-refractivity contribution in [3.63, 3.8) is 0 Å². The summed E-state index contributed by atoms with van der Waals surface area (Å²) in [6.07, 6.45) is 5.67. The summed E-state index contributed by atoms with van der Waals surface area (Å²) in [7, 11) is 1.97. The Bertz CT molecular complexity index is 962. The van der Waals surface area contributed by atoms with Crippen molar-refractivity contribution in [2.75, 3.05) is 25.5 Å². The number of anilines is 1. The number of rotatable bonds is 3. The van der Waals surface area contributed by atoms with Crippen molar-refractivity contribution in [1.82, 2.24) is 20.2 Å². The Balaban J connectivity index is 1.51. The molecule has 2 amide bonds. The molecule has 6 nitrogen and oxygen atoms in total. The van der Waals surface area contributed by atoms with Gasteiger partial charge in [-0.1, -0.05) is 12.1 Å². The van der Waals surface area contributed by atoms with Crippen molar-refractivity contribution < 1.29 is 4.79 Å². The lowest BCUT2D eigenvalue weighted by Crippen LogP contribution is -2.45. The molecule has 1 aliphatic heterocycles. The van der Waals surface area contributed by atoms with E-state index in [-0.39, 0.29) is 6.03 Å². The van der Waals surface area contributed by atoms with E-state index in [1.165, 1.54) is 0 Å². The molecule has 2 aromatic heterocycles. The van der Waals surface area contributed by atoms with Gasteiger partial charge in [-0.2, -0.15) is 0 Å². The van der Waals surface area contributed by atoms with Crippen molar-refractivity contribution in [2.24, 2.45) is 0 Å². The van der Waals surface area contributed by atoms with Gasteiger partial charge in [-0.3, -0.25) is 5.32 Å². The number of urea groups is 1. The van der Waals surface area contributed by atoms with Gasteiger partial charge in [0, 0.05) is 36.9 Å². The fraction of sp³-hybridized carbons (Fsp3) is 0.350. The molecule has 0 atom stereocenters. The van der Waals surface area contributed by atoms with Gasteiger partial charge in [-0.25, -0.2) is 14.8 Å². The molecule has 0 radical (unpaired) electrons. The summed E-state index contributed by atoms with van der Waals surface area (Å²) in [6, 6.07) is 8.62. The minimum atomic E-state index is -0.0781. The Morgan fingerprint density at radius 1 is 1.15 bits per heavy atom. The number of nitrogens with one attached hydrogen (secondary N) is 2. The highest BCUT2D eigenvalue weighted by atomic mass is 32.1. The van der Waals surface area contributed by atoms with E-state index in [0.29, 0.717) is 11.9 Å². The fourth-order valence-electron chi connectivity index (χ4n) is 3.42. The molecule has 27 heavy (non-hydrogen) atoms. The summed E-state index contributed by atoms with van der Waals surface area (Å²) in [5.74, 6) is 0.584. The van der Waals surface area contributed by atoms with E-state index in [1.807, 2.05) is 31.1 Å². The Morgan fingerprint density at radius 3 is 2.67 bits per heavy atom. The number of likely N-dealkylation sites (tertiary alicyclic amines) is 1. The number of fused-ring (bicyclic) bond motifs is 1. The molecule has 7 heteroatoms. The lowest BCUT2D eigenvalue weighted by atomic mass is 10.1. The zero-order valence-electron chi connectivity index (χ0n) is 15.5. The molecule has 0 saturated carbocycles. The van der Waals surface area contributed by atoms with Crippen molar-refractivity contribution in [2.45, 2.75) is 25.8 Å². The molecule has 3 aromatic rings. The van der Waals surface area contributed by atoms with Crippen LogP contribution >= 0.6 is 11.3 Å². The number of piperidine rings is 1. The Labute approximate surface area is 162 Å². The van der Waals surface area contributed by atoms with Crippen molar-refractivity contribution in [3.05, 3.63) is 41.7 Å². The number of hydrogen-bond donors (Lipinski definition) is 2. The van der Waals surface area contributed by atoms with Gasteiger partial charge in [0.25, 0.3) is 0 Å². The molecule has 3 heterocycles. The second kappa shape index (κ2) is 7.62. The monoisotopic (exact) mass is 381 g/mol. The van der Waals surface area contributed by atoms with E-state index in [4.69, 9.17) is 0 Å². The van der Waals surface area contributed by atoms with Crippen LogP contribution in [0.25, 0.3) is 21.2 Å². The molecule has 4 rings (SSSR count). The highest BCUT2D eigenvalue weighted by Crippen LogP contribution is 2.29. The topological polar surface area (TPSA) is 70.2 Å². The predicted octanol–water partition coefficient (Wildman–Crippen LogP) is 3.88. The Hall–Kier alpha value is -2.51. The lowest BCUT2D eigenvalue weighted by molar-refractivity contribution is 0.190. The van der Waals surface area contributed by atoms with Gasteiger partial charge in [0.2, 0.25) is 0 Å². The van der Waals surface area contributed by atoms with Crippen LogP contribution in [0, 0.1) is 6.92 Å². The summed E-state index contributed by atoms with van der Waals surface area (Å²) in [4.78, 5) is 24.3. The number of aryl methyl sites for hydroxylation is 1. The van der Waals surface area contributed by atoms with Crippen LogP contribution < -0.4 is 10.6 Å². The molecular formula is C20H23N5OS. The van der Waals surface area contributed by atoms with Gasteiger partial charge in [0.05, 0.1) is 9.88 Å². The third-order valence-corrected chi connectivity index (χ3v) is 6.01. The number of amides is 2. The van der Waals surface area contributed by atoms with Crippen LogP contribution in [0.15, 0.2) is 36.7 Å². The maximum Gasteiger partial charge on any atom is 0.323 e. The summed E-state index contributed by atoms with van der Waals surface area (Å²) < 4.78 is 0. The average molecular weight is 382 g/mol. The molecule has 1 aromatic carbocycles. The zero-order chi connectivity index (χ0) is 18.8. The van der Waals surface area contributed by atoms with E-state index in [0.717, 1.165) is 52.2 Å². The van der Waals surface area contributed by atoms with Crippen LogP contribution in [0.2, 0.25) is 0 Å². The summed E-state index contributed by atoms with van der Waals surface area (Å²) in [5, 5.41) is 9.38. The van der Waals surface area contributed by atoms with E-state index in [2.05, 4.69) is 38.8 Å². The molecule has 1 fully saturated rings. The summed E-state index contributed by atoms with van der Waals surface area (Å²) in [6.45, 7) is 3.53. The predicted molar refractivity (Wildman–Crippen MR) is 110 cm³/mol. The van der Waals surface area contributed by atoms with Gasteiger partial charge in [-0.05, 0) is 49.9 Å². The smallest absolute Gasteiger partial charge is 0.323 e. The largest absolute Gasteiger partial charge is 0.324 e. The van der Waals surface area contributed by atoms with Crippen LogP contribution in [-0.2, 0) is 0 Å². The molecule has 1 saturated heterocycles. The van der Waals surface area contributed by atoms with Crippen LogP contribution in [0.3, 0.4) is 0 Å². The summed E-state index contributed by atoms with van der Waals surface area (Å²) in [5.41, 5.74) is 1.13. The standard InChI is InChI=1S/C20H23N5OS/c1-13-22-12-18(27-13)14-3-4-15-11-23-19(10-16(15)9-14)24-20(26)25-7-5-17(21-2)6-8-25/h3-4,9-12,17,21H,5-8H2,1-2H3,(H,23,24,26). The highest BCUT2D eigenvalue weighted by Gasteiger charge is 2.22. The first-order valence-corrected chi connectivity index (χ1v) is 10.00. The van der Waals surface area contributed by atoms with Gasteiger partial charge in [0.15, 0.2) is 0 Å². The van der Waals surface area contributed by atoms with E-state index < -0.39 is 0 Å². The van der Waals surface area contributed by atoms with E-state index >= 15 is 0 Å². The van der Waals surface area contributed by atoms with Gasteiger partial charge < -0.3 is 10.2 Å². The zero-order valence-corrected chi connectivity index (χ0v) is 16.3. The van der Waals surface area contributed by atoms with Crippen LogP contribution in [-0.4, -0.2) is 47.1 Å². The average Bonchev–Trinajstić information content (AvgIpc) is 3.14. The number of hydrogen-bond acceptors (Lipinski definition) is 5. The maximum absolute atomic E-state index is 12.5. The fourth-order valence-corrected chi connectivity index (χ4v) is 4.19. The summed E-state index contributed by atoms with van der Waals surface area (Å²) >= 11 is 1.68. The second-order valence-corrected chi connectivity index (χ2v) is 8.09. The highest BCUT2D eigenvalue weighted by molar-refractivity contribution is 7.15. The molecule has 0 bridgehead atoms. The number of benzene rings is 1. The Kier molecular flexibility index (Phi) is 5.05. The third-order valence-electron chi connectivity index (χ3n) is 5.05. The first-order chi connectivity index (χ1) is 13.1. The minimum absolute atomic E-state index is 0.0781. The molecule has 1 aliphatic rings. The first kappa shape index (κ1) is 17.9. The number of nitrogens with zero attached hydrogens (tertiary/aromatic N) is 3. The Morgan fingerprint density at radius 2 is 1.96 bits per heavy atom. The van der Waals surface area contributed by atoms with E-state index in [9.17, 15) is 4.79 Å². The second-order valence-electron chi connectivity index (χ2n) is 6.86. The molecule has 0 aliphatic carbocycles. The van der Waals surface area contributed by atoms with Gasteiger partial charge in [0.1, 0.15) is 5.82 Å². The number of pyridine rings is 1. The minimum Gasteiger partial charge on any atom is -0.324 e. The van der Waals surface area contributed by atoms with Crippen LogP contribution in [0.5, 0.6) is 0 Å². The molecular weight excluding hydrogens is 358 g/mol. The van der Waals surface area contributed by atoms with Crippen molar-refractivity contribution in [1.29, 1.82) is 0 Å². The first-order valence-electron chi connectivity index (χ1n) is 9.18. The quantitative estimate of drug-likeness (QED) is 0.722. The number of aromatic nitrogens is 2. The van der Waals surface area contributed by atoms with Crippen LogP contribution in [0.1, 0.15) is 17.8 Å². The number of carbonyl (C=O) groups excluding carboxylic acids is 1. The molecule has 2 N–H and O–H groups in total. The third kappa shape index (κ3) is 3.94. The lowest BCUT2D eigenvalue weighted by Gasteiger charge is -2.31. The molecule has 0 unspecified atom stereocenters. The number of carbonyl (C=O) groups is 1. The van der Waals surface area contributed by atoms with E-state index in [1.54, 1.807) is 17.5 Å². The van der Waals surface area contributed by atoms with Gasteiger partial charge >= 0.3 is 6.03 Å². The van der Waals surface area contributed by atoms with Gasteiger partial charge in [-0.15, -0.1) is 11.3 Å². The number of thiazole rings is 1. The molecule has 140 valence electrons. The van der Waals surface area contributed by atoms with Crippen molar-refractivity contribution >= 4 is 34.0 Å². The normalized spacial score (nSPS) is 15.3. The molecule has 0 spiro atoms. The SMILES string of the molecule is CNC1CCN(C(=O)Nc2cc3cc(-c4cnc(C)s4)ccc3cn2)CC1.